The average Bonchev–Trinajstić information content (AvgIpc) is 3.92. The number of carbonyl (C=O) groups excluding carboxylic acids is 1. The number of hydrogen-bond donors (Lipinski definition) is 1. The van der Waals surface area contributed by atoms with Crippen LogP contribution >= 0.6 is 34.8 Å². The van der Waals surface area contributed by atoms with Crippen molar-refractivity contribution >= 4 is 69.9 Å². The number of aromatic nitrogens is 4. The van der Waals surface area contributed by atoms with Crippen molar-refractivity contribution in [2.45, 2.75) is 51.5 Å². The Balaban J connectivity index is 1.04. The molecular weight excluding hydrogens is 859 g/mol. The van der Waals surface area contributed by atoms with Gasteiger partial charge in [-0.2, -0.15) is 20.2 Å². The number of fused-ring (bicyclic) bond motifs is 1. The van der Waals surface area contributed by atoms with Crippen LogP contribution in [-0.2, 0) is 54.0 Å². The van der Waals surface area contributed by atoms with Crippen LogP contribution in [0.2, 0.25) is 15.3 Å². The predicted molar refractivity (Wildman–Crippen MR) is 233 cm³/mol. The molecule has 1 aliphatic heterocycles. The third kappa shape index (κ3) is 19.4. The van der Waals surface area contributed by atoms with Crippen LogP contribution < -0.4 is 10.7 Å². The average molecular weight is 918 g/mol. The van der Waals surface area contributed by atoms with Gasteiger partial charge >= 0.3 is 0 Å². The van der Waals surface area contributed by atoms with E-state index in [-0.39, 0.29) is 24.2 Å². The van der Waals surface area contributed by atoms with Crippen LogP contribution in [0.3, 0.4) is 0 Å². The molecule has 3 aromatic rings. The summed E-state index contributed by atoms with van der Waals surface area (Å²) < 4.78 is 52.4. The summed E-state index contributed by atoms with van der Waals surface area (Å²) in [6, 6.07) is 5.53. The van der Waals surface area contributed by atoms with Gasteiger partial charge in [0.1, 0.15) is 17.8 Å². The Morgan fingerprint density at radius 3 is 2.07 bits per heavy atom. The number of benzene rings is 1. The lowest BCUT2D eigenvalue weighted by molar-refractivity contribution is -0.109. The Kier molecular flexibility index (Phi) is 25.6. The van der Waals surface area contributed by atoms with E-state index in [1.54, 1.807) is 23.2 Å². The first-order valence-corrected chi connectivity index (χ1v) is 21.6. The zero-order chi connectivity index (χ0) is 43.3. The third-order valence-electron chi connectivity index (χ3n) is 9.02. The van der Waals surface area contributed by atoms with Crippen molar-refractivity contribution in [3.05, 3.63) is 45.3 Å². The molecule has 3 heterocycles. The number of hydrogen-bond acceptors (Lipinski definition) is 17. The Bertz CT molecular complexity index is 1740. The van der Waals surface area contributed by atoms with Crippen LogP contribution in [0, 0.1) is 0 Å². The molecule has 0 aliphatic carbocycles. The molecule has 2 N–H and O–H groups in total. The number of aldehydes is 1. The van der Waals surface area contributed by atoms with Gasteiger partial charge in [-0.1, -0.05) is 36.2 Å². The normalized spacial score (nSPS) is 15.8. The van der Waals surface area contributed by atoms with E-state index in [2.05, 4.69) is 37.0 Å². The fourth-order valence-electron chi connectivity index (χ4n) is 5.92. The molecule has 2 atom stereocenters. The summed E-state index contributed by atoms with van der Waals surface area (Å²) in [7, 11) is 0. The van der Waals surface area contributed by atoms with Crippen LogP contribution in [0.4, 0.5) is 5.82 Å². The van der Waals surface area contributed by atoms with Gasteiger partial charge in [0.2, 0.25) is 5.28 Å². The van der Waals surface area contributed by atoms with Gasteiger partial charge in [-0.25, -0.2) is 4.68 Å². The van der Waals surface area contributed by atoms with Crippen LogP contribution in [0.25, 0.3) is 11.0 Å². The van der Waals surface area contributed by atoms with Crippen LogP contribution in [0.5, 0.6) is 0 Å². The maximum atomic E-state index is 10.2. The summed E-state index contributed by atoms with van der Waals surface area (Å²) in [6.45, 7) is 10.1. The highest BCUT2D eigenvalue weighted by molar-refractivity contribution is 6.42. The van der Waals surface area contributed by atoms with Gasteiger partial charge in [0.25, 0.3) is 0 Å². The molecule has 0 amide bonds. The molecule has 0 saturated carbocycles. The van der Waals surface area contributed by atoms with Crippen LogP contribution in [0.1, 0.15) is 44.4 Å². The summed E-state index contributed by atoms with van der Waals surface area (Å²) in [5, 5.41) is 10.2. The smallest absolute Gasteiger partial charge is 0.226 e. The molecule has 340 valence electrons. The number of hydrazone groups is 1. The number of ether oxygens (including phenoxy) is 9. The number of aliphatic imine (C=N–C) groups is 1. The lowest BCUT2D eigenvalue weighted by atomic mass is 10.2. The van der Waals surface area contributed by atoms with Crippen LogP contribution in [0.15, 0.2) is 34.5 Å². The number of nitrogens with two attached hydrogens (primary N) is 1. The lowest BCUT2D eigenvalue weighted by Gasteiger charge is -2.25. The van der Waals surface area contributed by atoms with Crippen LogP contribution in [-0.4, -0.2) is 163 Å². The molecule has 0 radical (unpaired) electrons. The summed E-state index contributed by atoms with van der Waals surface area (Å²) in [4.78, 5) is 25.7. The van der Waals surface area contributed by atoms with Gasteiger partial charge in [0.05, 0.1) is 140 Å². The number of carbonyl (C=O) groups is 1. The van der Waals surface area contributed by atoms with Crippen molar-refractivity contribution in [2.24, 2.45) is 15.9 Å². The van der Waals surface area contributed by atoms with Crippen molar-refractivity contribution in [2.75, 3.05) is 124 Å². The first-order valence-electron chi connectivity index (χ1n) is 20.5. The summed E-state index contributed by atoms with van der Waals surface area (Å²) >= 11 is 19.1. The lowest BCUT2D eigenvalue weighted by Crippen LogP contribution is -2.29. The predicted octanol–water partition coefficient (Wildman–Crippen LogP) is 4.99. The van der Waals surface area contributed by atoms with E-state index in [0.717, 1.165) is 36.5 Å². The number of halogens is 3. The van der Waals surface area contributed by atoms with E-state index < -0.39 is 0 Å². The zero-order valence-electron chi connectivity index (χ0n) is 34.8. The molecule has 0 bridgehead atoms. The van der Waals surface area contributed by atoms with Gasteiger partial charge in [-0.15, -0.1) is 0 Å². The van der Waals surface area contributed by atoms with E-state index in [1.807, 2.05) is 12.1 Å². The van der Waals surface area contributed by atoms with Gasteiger partial charge in [-0.05, 0) is 48.6 Å². The largest absolute Gasteiger partial charge is 0.379 e. The van der Waals surface area contributed by atoms with Crippen molar-refractivity contribution in [1.29, 1.82) is 0 Å². The second-order valence-electron chi connectivity index (χ2n) is 13.5. The highest BCUT2D eigenvalue weighted by Crippen LogP contribution is 2.34. The summed E-state index contributed by atoms with van der Waals surface area (Å²) in [6.07, 6.45) is 7.28. The molecule has 2 aromatic heterocycles. The van der Waals surface area contributed by atoms with Crippen molar-refractivity contribution in [1.82, 2.24) is 19.7 Å². The van der Waals surface area contributed by atoms with E-state index >= 15 is 0 Å². The molecule has 4 rings (SSSR count). The monoisotopic (exact) mass is 916 g/mol. The Labute approximate surface area is 372 Å². The third-order valence-corrected chi connectivity index (χ3v) is 9.92. The Hall–Kier alpha value is -3.11. The fourth-order valence-corrected chi connectivity index (χ4v) is 6.40. The second kappa shape index (κ2) is 30.9. The minimum absolute atomic E-state index is 0.110. The summed E-state index contributed by atoms with van der Waals surface area (Å²) in [5.41, 5.74) is 2.05. The number of nitrogens with zero attached hydrogens (tertiary/aromatic N) is 7. The molecule has 2 unspecified atom stereocenters. The first kappa shape index (κ1) is 50.5. The maximum absolute atomic E-state index is 10.2. The Morgan fingerprint density at radius 2 is 1.46 bits per heavy atom. The second-order valence-corrected chi connectivity index (χ2v) is 14.6. The molecule has 1 aromatic carbocycles. The number of anilines is 1. The van der Waals surface area contributed by atoms with Gasteiger partial charge in [0, 0.05) is 25.7 Å². The Morgan fingerprint density at radius 1 is 0.836 bits per heavy atom. The quantitative estimate of drug-likeness (QED) is 0.0207. The fraction of sp³-hybridized carbons (Fsp3) is 0.650. The maximum Gasteiger partial charge on any atom is 0.226 e. The highest BCUT2D eigenvalue weighted by atomic mass is 35.5. The van der Waals surface area contributed by atoms with E-state index in [1.165, 1.54) is 0 Å². The first-order chi connectivity index (χ1) is 29.9. The molecule has 21 heteroatoms. The SMILES string of the molecule is CCC1CCC(n2ncc3c(N(CCOCCOCCOCCOC/C(C=NCCOCCOCCOCCOCCC=O)=N/N)Cc4ccc(Cl)c(Cl)c4)nc(Cl)nc32)O1. The van der Waals surface area contributed by atoms with Crippen molar-refractivity contribution < 1.29 is 47.4 Å². The van der Waals surface area contributed by atoms with Gasteiger partial charge in [0.15, 0.2) is 11.9 Å². The minimum atomic E-state index is -0.212. The topological polar surface area (TPSA) is 198 Å². The molecule has 61 heavy (non-hydrogen) atoms. The van der Waals surface area contributed by atoms with E-state index in [9.17, 15) is 4.79 Å². The van der Waals surface area contributed by atoms with E-state index in [4.69, 9.17) is 83.3 Å². The molecule has 1 saturated heterocycles. The molecule has 18 nitrogen and oxygen atoms in total. The number of rotatable bonds is 35. The molecule has 0 spiro atoms. The standard InChI is InChI=1S/C40H59Cl3N8O10/c1-2-33-5-7-37(61-33)51-39-34(28-46-51)38(47-40(43)48-39)50(29-31-4-6-35(41)36(42)26-31)9-13-55-16-19-58-22-23-59-24-25-60-30-32(49-44)27-45-8-12-54-15-18-57-21-20-56-17-14-53-11-3-10-52/h4,6,10,26-28,33,37H,2-3,5,7-9,11-25,29-30,44H2,1H3/b45-27?,49-32+. The molecule has 1 aliphatic rings. The summed E-state index contributed by atoms with van der Waals surface area (Å²) in [5.74, 6) is 6.10. The van der Waals surface area contributed by atoms with Gasteiger partial charge in [-0.3, -0.25) is 4.99 Å². The minimum Gasteiger partial charge on any atom is -0.379 e. The highest BCUT2D eigenvalue weighted by Gasteiger charge is 2.29. The van der Waals surface area contributed by atoms with Crippen molar-refractivity contribution in [3.63, 3.8) is 0 Å². The zero-order valence-corrected chi connectivity index (χ0v) is 37.1. The molecule has 1 fully saturated rings. The molecular formula is C40H59Cl3N8O10. The van der Waals surface area contributed by atoms with Gasteiger partial charge < -0.3 is 58.2 Å². The van der Waals surface area contributed by atoms with E-state index in [0.29, 0.717) is 152 Å². The van der Waals surface area contributed by atoms with Crippen molar-refractivity contribution in [3.8, 4) is 0 Å².